The third-order valence-electron chi connectivity index (χ3n) is 4.57. The molecule has 0 bridgehead atoms. The van der Waals surface area contributed by atoms with E-state index >= 15 is 0 Å². The number of aliphatic hydroxyl groups is 3. The average molecular weight is 406 g/mol. The van der Waals surface area contributed by atoms with Crippen LogP contribution in [-0.4, -0.2) is 46.5 Å². The first kappa shape index (κ1) is 20.4. The highest BCUT2D eigenvalue weighted by molar-refractivity contribution is 6.34. The van der Waals surface area contributed by atoms with Gasteiger partial charge in [0.05, 0.1) is 18.4 Å². The smallest absolute Gasteiger partial charge is 0.183 e. The lowest BCUT2D eigenvalue weighted by Crippen LogP contribution is -2.33. The van der Waals surface area contributed by atoms with Gasteiger partial charge in [-0.3, -0.25) is 0 Å². The van der Waals surface area contributed by atoms with Crippen molar-refractivity contribution >= 4 is 17.3 Å². The summed E-state index contributed by atoms with van der Waals surface area (Å²) < 4.78 is 10.7. The van der Waals surface area contributed by atoms with E-state index in [0.717, 1.165) is 5.56 Å². The van der Waals surface area contributed by atoms with E-state index in [1.54, 1.807) is 36.4 Å². The molecule has 0 radical (unpaired) electrons. The van der Waals surface area contributed by atoms with E-state index in [1.807, 2.05) is 6.92 Å². The van der Waals surface area contributed by atoms with Crippen molar-refractivity contribution in [2.24, 2.45) is 5.11 Å². The fraction of sp³-hybridized carbons (Fsp3) is 0.368. The number of rotatable bonds is 6. The second kappa shape index (κ2) is 8.79. The van der Waals surface area contributed by atoms with E-state index in [4.69, 9.17) is 26.6 Å². The Morgan fingerprint density at radius 1 is 1.14 bits per heavy atom. The van der Waals surface area contributed by atoms with E-state index in [0.29, 0.717) is 34.2 Å². The molecule has 0 amide bonds. The minimum Gasteiger partial charge on any atom is -0.494 e. The highest BCUT2D eigenvalue weighted by Gasteiger charge is 2.41. The second-order valence-electron chi connectivity index (χ2n) is 6.33. The van der Waals surface area contributed by atoms with Crippen LogP contribution < -0.4 is 4.74 Å². The SMILES string of the molecule is CCOc1ccc(-c2c(Cl)ccc(C[C@@H]3O[C@@H](O)[C@@H](O)[C@@H]3O)c2N=[N+]=[N-])cc1. The predicted octanol–water partition coefficient (Wildman–Crippen LogP) is 3.33. The Balaban J connectivity index is 2.01. The zero-order valence-corrected chi connectivity index (χ0v) is 15.8. The van der Waals surface area contributed by atoms with Crippen molar-refractivity contribution in [1.82, 2.24) is 0 Å². The molecular formula is C19H20ClN3O5. The standard InChI is InChI=1S/C19H20ClN3O5/c1-2-27-12-6-3-10(4-7-12)15-13(20)8-5-11(16(15)22-23-21)9-14-17(24)18(25)19(26)28-14/h3-8,14,17-19,24-26H,2,9H2,1H3/t14-,17+,18-,19+/m0/s1. The van der Waals surface area contributed by atoms with Crippen LogP contribution in [0.5, 0.6) is 5.75 Å². The maximum Gasteiger partial charge on any atom is 0.183 e. The van der Waals surface area contributed by atoms with E-state index in [1.165, 1.54) is 0 Å². The Hall–Kier alpha value is -2.32. The van der Waals surface area contributed by atoms with Crippen LogP contribution in [-0.2, 0) is 11.2 Å². The van der Waals surface area contributed by atoms with Crippen LogP contribution >= 0.6 is 11.6 Å². The van der Waals surface area contributed by atoms with Gasteiger partial charge < -0.3 is 24.8 Å². The molecule has 0 saturated carbocycles. The van der Waals surface area contributed by atoms with Gasteiger partial charge in [0.1, 0.15) is 18.0 Å². The van der Waals surface area contributed by atoms with Gasteiger partial charge in [-0.2, -0.15) is 0 Å². The molecule has 0 unspecified atom stereocenters. The molecule has 2 aromatic carbocycles. The maximum absolute atomic E-state index is 10.1. The summed E-state index contributed by atoms with van der Waals surface area (Å²) in [6, 6.07) is 10.5. The summed E-state index contributed by atoms with van der Waals surface area (Å²) in [5.41, 5.74) is 11.2. The van der Waals surface area contributed by atoms with Crippen molar-refractivity contribution in [3.63, 3.8) is 0 Å². The molecule has 1 aliphatic heterocycles. The lowest BCUT2D eigenvalue weighted by molar-refractivity contribution is -0.126. The summed E-state index contributed by atoms with van der Waals surface area (Å²) in [4.78, 5) is 2.90. The lowest BCUT2D eigenvalue weighted by Gasteiger charge is -2.18. The largest absolute Gasteiger partial charge is 0.494 e. The van der Waals surface area contributed by atoms with Crippen molar-refractivity contribution in [2.75, 3.05) is 6.61 Å². The number of aliphatic hydroxyl groups excluding tert-OH is 3. The first-order chi connectivity index (χ1) is 13.5. The van der Waals surface area contributed by atoms with Gasteiger partial charge in [0, 0.05) is 21.9 Å². The molecule has 28 heavy (non-hydrogen) atoms. The summed E-state index contributed by atoms with van der Waals surface area (Å²) >= 11 is 6.39. The molecular weight excluding hydrogens is 386 g/mol. The highest BCUT2D eigenvalue weighted by atomic mass is 35.5. The fourth-order valence-electron chi connectivity index (χ4n) is 3.21. The fourth-order valence-corrected chi connectivity index (χ4v) is 3.47. The van der Waals surface area contributed by atoms with Crippen LogP contribution in [0.4, 0.5) is 5.69 Å². The van der Waals surface area contributed by atoms with Crippen molar-refractivity contribution in [3.8, 4) is 16.9 Å². The minimum atomic E-state index is -1.47. The quantitative estimate of drug-likeness (QED) is 0.385. The van der Waals surface area contributed by atoms with E-state index in [9.17, 15) is 15.3 Å². The number of halogens is 1. The van der Waals surface area contributed by atoms with Gasteiger partial charge in [0.25, 0.3) is 0 Å². The van der Waals surface area contributed by atoms with Crippen LogP contribution in [0.2, 0.25) is 5.02 Å². The average Bonchev–Trinajstić information content (AvgIpc) is 2.92. The Kier molecular flexibility index (Phi) is 6.41. The monoisotopic (exact) mass is 405 g/mol. The zero-order valence-electron chi connectivity index (χ0n) is 15.1. The topological polar surface area (TPSA) is 128 Å². The molecule has 8 nitrogen and oxygen atoms in total. The molecule has 3 N–H and O–H groups in total. The molecule has 1 saturated heterocycles. The molecule has 1 fully saturated rings. The number of hydrogen-bond acceptors (Lipinski definition) is 6. The van der Waals surface area contributed by atoms with Crippen LogP contribution in [0.25, 0.3) is 21.6 Å². The lowest BCUT2D eigenvalue weighted by atomic mass is 9.95. The summed E-state index contributed by atoms with van der Waals surface area (Å²) in [5.74, 6) is 0.703. The molecule has 2 aromatic rings. The number of hydrogen-bond donors (Lipinski definition) is 3. The normalized spacial score (nSPS) is 24.0. The number of ether oxygens (including phenoxy) is 2. The van der Waals surface area contributed by atoms with E-state index in [2.05, 4.69) is 10.0 Å². The third kappa shape index (κ3) is 4.07. The Morgan fingerprint density at radius 3 is 2.43 bits per heavy atom. The van der Waals surface area contributed by atoms with Gasteiger partial charge in [-0.15, -0.1) is 0 Å². The zero-order chi connectivity index (χ0) is 20.3. The van der Waals surface area contributed by atoms with Crippen LogP contribution in [0.15, 0.2) is 41.5 Å². The summed E-state index contributed by atoms with van der Waals surface area (Å²) in [6.45, 7) is 2.43. The Morgan fingerprint density at radius 2 is 1.86 bits per heavy atom. The van der Waals surface area contributed by atoms with Gasteiger partial charge in [0.15, 0.2) is 6.29 Å². The predicted molar refractivity (Wildman–Crippen MR) is 103 cm³/mol. The van der Waals surface area contributed by atoms with Gasteiger partial charge in [0.2, 0.25) is 0 Å². The van der Waals surface area contributed by atoms with E-state index in [-0.39, 0.29) is 6.42 Å². The van der Waals surface area contributed by atoms with Gasteiger partial charge in [-0.05, 0) is 41.8 Å². The third-order valence-corrected chi connectivity index (χ3v) is 4.88. The number of benzene rings is 2. The molecule has 1 aliphatic rings. The van der Waals surface area contributed by atoms with Crippen molar-refractivity contribution < 1.29 is 24.8 Å². The molecule has 9 heteroatoms. The molecule has 4 atom stereocenters. The minimum absolute atomic E-state index is 0.116. The Labute approximate surface area is 166 Å². The second-order valence-corrected chi connectivity index (χ2v) is 6.73. The molecule has 0 aliphatic carbocycles. The summed E-state index contributed by atoms with van der Waals surface area (Å²) in [5, 5.41) is 33.5. The highest BCUT2D eigenvalue weighted by Crippen LogP contribution is 2.41. The van der Waals surface area contributed by atoms with Gasteiger partial charge >= 0.3 is 0 Å². The van der Waals surface area contributed by atoms with E-state index < -0.39 is 24.6 Å². The van der Waals surface area contributed by atoms with Crippen molar-refractivity contribution in [2.45, 2.75) is 37.9 Å². The van der Waals surface area contributed by atoms with Crippen molar-refractivity contribution in [3.05, 3.63) is 57.4 Å². The number of azide groups is 1. The van der Waals surface area contributed by atoms with Gasteiger partial charge in [-0.1, -0.05) is 34.9 Å². The van der Waals surface area contributed by atoms with Crippen LogP contribution in [0.1, 0.15) is 12.5 Å². The molecule has 0 aromatic heterocycles. The van der Waals surface area contributed by atoms with Crippen LogP contribution in [0.3, 0.4) is 0 Å². The van der Waals surface area contributed by atoms with Crippen LogP contribution in [0, 0.1) is 0 Å². The molecule has 3 rings (SSSR count). The first-order valence-corrected chi connectivity index (χ1v) is 9.13. The molecule has 0 spiro atoms. The summed E-state index contributed by atoms with van der Waals surface area (Å²) in [6.07, 6.45) is -4.87. The Bertz CT molecular complexity index is 886. The van der Waals surface area contributed by atoms with Crippen molar-refractivity contribution in [1.29, 1.82) is 0 Å². The summed E-state index contributed by atoms with van der Waals surface area (Å²) in [7, 11) is 0. The molecule has 1 heterocycles. The van der Waals surface area contributed by atoms with Gasteiger partial charge in [-0.25, -0.2) is 0 Å². The molecule has 148 valence electrons. The number of nitrogens with zero attached hydrogens (tertiary/aromatic N) is 3. The maximum atomic E-state index is 10.1. The first-order valence-electron chi connectivity index (χ1n) is 8.75.